The van der Waals surface area contributed by atoms with Gasteiger partial charge in [-0.1, -0.05) is 287 Å². The molecule has 0 aliphatic carbocycles. The van der Waals surface area contributed by atoms with E-state index in [4.69, 9.17) is 4.74 Å². The molecule has 0 saturated heterocycles. The average Bonchev–Trinajstić information content (AvgIpc) is 3.39. The summed E-state index contributed by atoms with van der Waals surface area (Å²) in [4.78, 5) is 24.5. The van der Waals surface area contributed by atoms with Crippen LogP contribution in [-0.2, 0) is 14.3 Å². The maximum atomic E-state index is 12.5. The molecule has 0 spiro atoms. The number of aliphatic hydroxyl groups excluding tert-OH is 2. The zero-order chi connectivity index (χ0) is 52.9. The van der Waals surface area contributed by atoms with E-state index in [1.54, 1.807) is 6.08 Å². The number of allylic oxidation sites excluding steroid dienone is 7. The Hall–Kier alpha value is -2.18. The van der Waals surface area contributed by atoms with E-state index in [0.717, 1.165) is 77.0 Å². The van der Waals surface area contributed by atoms with Crippen LogP contribution in [0.2, 0.25) is 0 Å². The fourth-order valence-corrected chi connectivity index (χ4v) is 9.86. The lowest BCUT2D eigenvalue weighted by molar-refractivity contribution is -0.143. The van der Waals surface area contributed by atoms with Crippen molar-refractivity contribution < 1.29 is 24.5 Å². The van der Waals surface area contributed by atoms with Crippen LogP contribution in [0.25, 0.3) is 0 Å². The minimum Gasteiger partial charge on any atom is -0.466 e. The highest BCUT2D eigenvalue weighted by atomic mass is 16.5. The van der Waals surface area contributed by atoms with Crippen LogP contribution < -0.4 is 5.32 Å². The SMILES string of the molecule is CCCCC/C=C\CCCCCCCC(=O)OCCCCC/C=C\C=C/CCCCCCCCCCCCC(=O)NC(CO)C(O)/C=C/CCCCCCCCCCCCCCCCCCCCCCCCC. The molecule has 1 amide bonds. The molecule has 3 N–H and O–H groups in total. The second-order valence-electron chi connectivity index (χ2n) is 22.1. The largest absolute Gasteiger partial charge is 0.466 e. The Morgan fingerprint density at radius 2 is 0.685 bits per heavy atom. The fraction of sp³-hybridized carbons (Fsp3) is 0.851. The molecule has 0 aromatic heterocycles. The molecule has 0 radical (unpaired) electrons. The van der Waals surface area contributed by atoms with Crippen LogP contribution in [0.3, 0.4) is 0 Å². The minimum atomic E-state index is -0.854. The van der Waals surface area contributed by atoms with Gasteiger partial charge in [0.15, 0.2) is 0 Å². The molecule has 0 aromatic rings. The van der Waals surface area contributed by atoms with Crippen LogP contribution in [0.4, 0.5) is 0 Å². The highest BCUT2D eigenvalue weighted by Gasteiger charge is 2.18. The number of rotatable bonds is 60. The molecule has 6 nitrogen and oxygen atoms in total. The molecule has 2 atom stereocenters. The minimum absolute atomic E-state index is 0.0242. The first-order valence-corrected chi connectivity index (χ1v) is 32.4. The Bertz CT molecular complexity index is 1230. The molecular weight excluding hydrogens is 899 g/mol. The van der Waals surface area contributed by atoms with Gasteiger partial charge < -0.3 is 20.3 Å². The number of amides is 1. The van der Waals surface area contributed by atoms with Gasteiger partial charge in [-0.05, 0) is 89.9 Å². The normalized spacial score (nSPS) is 12.9. The number of carbonyl (C=O) groups is 2. The molecule has 73 heavy (non-hydrogen) atoms. The van der Waals surface area contributed by atoms with Crippen molar-refractivity contribution in [2.75, 3.05) is 13.2 Å². The van der Waals surface area contributed by atoms with Crippen LogP contribution in [0.15, 0.2) is 48.6 Å². The number of esters is 1. The van der Waals surface area contributed by atoms with Crippen LogP contribution in [0.5, 0.6) is 0 Å². The Morgan fingerprint density at radius 1 is 0.384 bits per heavy atom. The Kier molecular flexibility index (Phi) is 60.5. The van der Waals surface area contributed by atoms with E-state index in [2.05, 4.69) is 55.6 Å². The lowest BCUT2D eigenvalue weighted by Crippen LogP contribution is -2.45. The zero-order valence-corrected chi connectivity index (χ0v) is 48.9. The van der Waals surface area contributed by atoms with E-state index in [1.807, 2.05) is 6.08 Å². The first-order chi connectivity index (χ1) is 36.0. The van der Waals surface area contributed by atoms with Crippen molar-refractivity contribution in [1.82, 2.24) is 5.32 Å². The molecular formula is C67H125NO5. The summed E-state index contributed by atoms with van der Waals surface area (Å²) in [6, 6.07) is -0.638. The van der Waals surface area contributed by atoms with E-state index in [9.17, 15) is 19.8 Å². The Balaban J connectivity index is 3.51. The maximum absolute atomic E-state index is 12.5. The molecule has 428 valence electrons. The van der Waals surface area contributed by atoms with Gasteiger partial charge in [-0.2, -0.15) is 0 Å². The summed E-state index contributed by atoms with van der Waals surface area (Å²) in [5.74, 6) is -0.0996. The molecule has 0 fully saturated rings. The molecule has 0 aliphatic heterocycles. The van der Waals surface area contributed by atoms with E-state index >= 15 is 0 Å². The molecule has 0 bridgehead atoms. The van der Waals surface area contributed by atoms with Gasteiger partial charge in [0.25, 0.3) is 0 Å². The number of unbranched alkanes of at least 4 members (excludes halogenated alkanes) is 44. The molecule has 6 heteroatoms. The smallest absolute Gasteiger partial charge is 0.305 e. The third kappa shape index (κ3) is 58.9. The van der Waals surface area contributed by atoms with Crippen molar-refractivity contribution in [3.8, 4) is 0 Å². The molecule has 2 unspecified atom stereocenters. The standard InChI is InChI=1S/C67H125NO5/c1-3-5-7-9-11-13-15-17-18-19-20-21-22-23-24-25-27-30-33-36-39-43-47-51-55-59-65(70)64(63-69)68-66(71)60-56-52-48-44-40-37-34-31-28-26-29-32-35-38-42-46-50-54-58-62-73-67(72)61-57-53-49-45-41-16-14-12-10-8-6-4-2/h12,14,32,35,38,42,55,59,64-65,69-70H,3-11,13,15-31,33-34,36-37,39-41,43-54,56-58,60-63H2,1-2H3,(H,68,71)/b14-12-,35-32-,42-38-,59-55+. The fourth-order valence-electron chi connectivity index (χ4n) is 9.86. The number of nitrogens with one attached hydrogen (secondary N) is 1. The number of hydrogen-bond donors (Lipinski definition) is 3. The van der Waals surface area contributed by atoms with Gasteiger partial charge in [0.2, 0.25) is 5.91 Å². The third-order valence-corrected chi connectivity index (χ3v) is 14.8. The third-order valence-electron chi connectivity index (χ3n) is 14.8. The highest BCUT2D eigenvalue weighted by Crippen LogP contribution is 2.17. The monoisotopic (exact) mass is 1020 g/mol. The molecule has 0 aromatic carbocycles. The predicted molar refractivity (Wildman–Crippen MR) is 319 cm³/mol. The highest BCUT2D eigenvalue weighted by molar-refractivity contribution is 5.76. The second-order valence-corrected chi connectivity index (χ2v) is 22.1. The summed E-state index contributed by atoms with van der Waals surface area (Å²) in [5.41, 5.74) is 0. The second kappa shape index (κ2) is 62.4. The lowest BCUT2D eigenvalue weighted by atomic mass is 10.0. The molecule has 0 saturated carbocycles. The first kappa shape index (κ1) is 70.8. The van der Waals surface area contributed by atoms with E-state index in [0.29, 0.717) is 19.4 Å². The number of ether oxygens (including phenoxy) is 1. The van der Waals surface area contributed by atoms with Crippen LogP contribution in [0.1, 0.15) is 341 Å². The van der Waals surface area contributed by atoms with Gasteiger partial charge in [0.05, 0.1) is 25.4 Å². The van der Waals surface area contributed by atoms with Crippen LogP contribution >= 0.6 is 0 Å². The summed E-state index contributed by atoms with van der Waals surface area (Å²) in [6.07, 6.45) is 80.2. The van der Waals surface area contributed by atoms with Crippen LogP contribution in [-0.4, -0.2) is 47.4 Å². The van der Waals surface area contributed by atoms with Crippen molar-refractivity contribution in [2.45, 2.75) is 353 Å². The summed E-state index contributed by atoms with van der Waals surface area (Å²) in [5, 5.41) is 23.2. The average molecular weight is 1020 g/mol. The van der Waals surface area contributed by atoms with E-state index in [1.165, 1.54) is 238 Å². The lowest BCUT2D eigenvalue weighted by Gasteiger charge is -2.20. The van der Waals surface area contributed by atoms with Gasteiger partial charge in [-0.25, -0.2) is 0 Å². The van der Waals surface area contributed by atoms with Crippen molar-refractivity contribution in [2.24, 2.45) is 0 Å². The van der Waals surface area contributed by atoms with E-state index < -0.39 is 12.1 Å². The van der Waals surface area contributed by atoms with Gasteiger partial charge >= 0.3 is 5.97 Å². The van der Waals surface area contributed by atoms with Gasteiger partial charge in [0, 0.05) is 12.8 Å². The topological polar surface area (TPSA) is 95.9 Å². The Labute approximate surface area is 455 Å². The molecule has 0 heterocycles. The summed E-state index contributed by atoms with van der Waals surface area (Å²) in [7, 11) is 0. The van der Waals surface area contributed by atoms with Gasteiger partial charge in [0.1, 0.15) is 0 Å². The van der Waals surface area contributed by atoms with Crippen molar-refractivity contribution in [3.63, 3.8) is 0 Å². The van der Waals surface area contributed by atoms with Crippen LogP contribution in [0, 0.1) is 0 Å². The first-order valence-electron chi connectivity index (χ1n) is 32.4. The summed E-state index contributed by atoms with van der Waals surface area (Å²) < 4.78 is 5.44. The maximum Gasteiger partial charge on any atom is 0.305 e. The van der Waals surface area contributed by atoms with Gasteiger partial charge in [-0.3, -0.25) is 9.59 Å². The quantitative estimate of drug-likeness (QED) is 0.0244. The van der Waals surface area contributed by atoms with Crippen molar-refractivity contribution in [1.29, 1.82) is 0 Å². The number of hydrogen-bond acceptors (Lipinski definition) is 5. The molecule has 0 aliphatic rings. The summed E-state index contributed by atoms with van der Waals surface area (Å²) in [6.45, 7) is 4.85. The molecule has 0 rings (SSSR count). The van der Waals surface area contributed by atoms with E-state index in [-0.39, 0.29) is 18.5 Å². The number of aliphatic hydroxyl groups is 2. The van der Waals surface area contributed by atoms with Gasteiger partial charge in [-0.15, -0.1) is 0 Å². The number of carbonyl (C=O) groups excluding carboxylic acids is 2. The van der Waals surface area contributed by atoms with Crippen molar-refractivity contribution in [3.05, 3.63) is 48.6 Å². The van der Waals surface area contributed by atoms with Crippen molar-refractivity contribution >= 4 is 11.9 Å². The zero-order valence-electron chi connectivity index (χ0n) is 48.9. The predicted octanol–water partition coefficient (Wildman–Crippen LogP) is 20.5. The summed E-state index contributed by atoms with van der Waals surface area (Å²) >= 11 is 0. The Morgan fingerprint density at radius 3 is 1.08 bits per heavy atom.